The summed E-state index contributed by atoms with van der Waals surface area (Å²) in [6.07, 6.45) is 9.50. The van der Waals surface area contributed by atoms with Crippen LogP contribution in [0.25, 0.3) is 0 Å². The largest absolute Gasteiger partial charge is 0.375 e. The fourth-order valence-corrected chi connectivity index (χ4v) is 4.15. The van der Waals surface area contributed by atoms with Gasteiger partial charge < -0.3 is 10.1 Å². The predicted octanol–water partition coefficient (Wildman–Crippen LogP) is 3.39. The molecule has 3 rings (SSSR count). The second-order valence-electron chi connectivity index (χ2n) is 6.49. The molecule has 1 spiro atoms. The van der Waals surface area contributed by atoms with Crippen LogP contribution in [0.2, 0.25) is 0 Å². The summed E-state index contributed by atoms with van der Waals surface area (Å²) in [4.78, 5) is 4.32. The predicted molar refractivity (Wildman–Crippen MR) is 80.6 cm³/mol. The zero-order chi connectivity index (χ0) is 14.0. The van der Waals surface area contributed by atoms with Crippen molar-refractivity contribution in [1.29, 1.82) is 0 Å². The number of pyridine rings is 1. The maximum absolute atomic E-state index is 6.17. The van der Waals surface area contributed by atoms with Crippen molar-refractivity contribution >= 4 is 0 Å². The summed E-state index contributed by atoms with van der Waals surface area (Å²) in [5, 5.41) is 3.54. The van der Waals surface area contributed by atoms with Gasteiger partial charge in [-0.05, 0) is 63.3 Å². The second kappa shape index (κ2) is 5.82. The normalized spacial score (nSPS) is 26.8. The van der Waals surface area contributed by atoms with Gasteiger partial charge in [0.15, 0.2) is 0 Å². The minimum Gasteiger partial charge on any atom is -0.375 e. The Hall–Kier alpha value is -0.930. The zero-order valence-electron chi connectivity index (χ0n) is 12.7. The van der Waals surface area contributed by atoms with Gasteiger partial charge in [0, 0.05) is 24.5 Å². The molecule has 2 fully saturated rings. The van der Waals surface area contributed by atoms with Crippen LogP contribution >= 0.6 is 0 Å². The molecule has 1 N–H and O–H groups in total. The molecular formula is C17H26N2O. The van der Waals surface area contributed by atoms with Gasteiger partial charge in [0.25, 0.3) is 0 Å². The first-order chi connectivity index (χ1) is 9.72. The number of rotatable bonds is 3. The lowest BCUT2D eigenvalue weighted by Gasteiger charge is -2.41. The van der Waals surface area contributed by atoms with Crippen LogP contribution in [0.5, 0.6) is 0 Å². The fourth-order valence-electron chi connectivity index (χ4n) is 4.15. The summed E-state index contributed by atoms with van der Waals surface area (Å²) in [5.74, 6) is 0.675. The third kappa shape index (κ3) is 2.75. The van der Waals surface area contributed by atoms with Crippen LogP contribution in [-0.2, 0) is 4.74 Å². The molecule has 3 nitrogen and oxygen atoms in total. The van der Waals surface area contributed by atoms with E-state index >= 15 is 0 Å². The Labute approximate surface area is 122 Å². The van der Waals surface area contributed by atoms with E-state index in [0.717, 1.165) is 18.7 Å². The number of aryl methyl sites for hydroxylation is 1. The summed E-state index contributed by atoms with van der Waals surface area (Å²) >= 11 is 0. The number of aromatic nitrogens is 1. The van der Waals surface area contributed by atoms with Crippen molar-refractivity contribution in [2.24, 2.45) is 5.92 Å². The van der Waals surface area contributed by atoms with Gasteiger partial charge in [-0.1, -0.05) is 12.8 Å². The quantitative estimate of drug-likeness (QED) is 0.917. The van der Waals surface area contributed by atoms with Crippen LogP contribution in [0, 0.1) is 12.8 Å². The number of ether oxygens (including phenoxy) is 1. The molecule has 0 aromatic carbocycles. The van der Waals surface area contributed by atoms with E-state index in [2.05, 4.69) is 36.4 Å². The first kappa shape index (κ1) is 14.0. The highest BCUT2D eigenvalue weighted by Gasteiger charge is 2.41. The van der Waals surface area contributed by atoms with Gasteiger partial charge >= 0.3 is 0 Å². The Morgan fingerprint density at radius 3 is 2.90 bits per heavy atom. The van der Waals surface area contributed by atoms with E-state index in [1.165, 1.54) is 37.7 Å². The van der Waals surface area contributed by atoms with Gasteiger partial charge in [0.2, 0.25) is 0 Å². The first-order valence-electron chi connectivity index (χ1n) is 7.96. The average molecular weight is 274 g/mol. The molecule has 0 radical (unpaired) electrons. The van der Waals surface area contributed by atoms with E-state index in [0.29, 0.717) is 12.0 Å². The molecule has 2 atom stereocenters. The zero-order valence-corrected chi connectivity index (χ0v) is 12.7. The molecule has 1 aliphatic carbocycles. The monoisotopic (exact) mass is 274 g/mol. The van der Waals surface area contributed by atoms with Gasteiger partial charge in [-0.25, -0.2) is 0 Å². The smallest absolute Gasteiger partial charge is 0.0686 e. The Morgan fingerprint density at radius 1 is 1.40 bits per heavy atom. The van der Waals surface area contributed by atoms with Crippen molar-refractivity contribution in [2.45, 2.75) is 57.1 Å². The van der Waals surface area contributed by atoms with Crippen LogP contribution in [0.1, 0.15) is 55.8 Å². The molecule has 2 heterocycles. The molecule has 2 aliphatic rings. The average Bonchev–Trinajstić information content (AvgIpc) is 2.88. The van der Waals surface area contributed by atoms with E-state index in [-0.39, 0.29) is 5.60 Å². The van der Waals surface area contributed by atoms with Gasteiger partial charge in [0.05, 0.1) is 5.60 Å². The highest BCUT2D eigenvalue weighted by Crippen LogP contribution is 2.45. The molecule has 20 heavy (non-hydrogen) atoms. The number of nitrogens with one attached hydrogen (secondary N) is 1. The van der Waals surface area contributed by atoms with E-state index in [4.69, 9.17) is 4.74 Å². The standard InChI is InChI=1S/C17H26N2O/c1-13-11-14(5-9-19-13)16(18-2)15-6-10-20-17(12-15)7-3-4-8-17/h5,9,11,15-16,18H,3-4,6-8,10,12H2,1-2H3. The molecule has 1 aromatic rings. The third-order valence-corrected chi connectivity index (χ3v) is 5.11. The fraction of sp³-hybridized carbons (Fsp3) is 0.706. The minimum absolute atomic E-state index is 0.195. The molecule has 2 unspecified atom stereocenters. The molecular weight excluding hydrogens is 248 g/mol. The van der Waals surface area contributed by atoms with E-state index in [1.54, 1.807) is 0 Å². The Bertz CT molecular complexity index is 454. The van der Waals surface area contributed by atoms with Crippen molar-refractivity contribution in [3.63, 3.8) is 0 Å². The van der Waals surface area contributed by atoms with Crippen molar-refractivity contribution in [2.75, 3.05) is 13.7 Å². The minimum atomic E-state index is 0.195. The molecule has 1 saturated heterocycles. The lowest BCUT2D eigenvalue weighted by molar-refractivity contribution is -0.0978. The first-order valence-corrected chi connectivity index (χ1v) is 7.96. The van der Waals surface area contributed by atoms with Crippen molar-refractivity contribution in [3.8, 4) is 0 Å². The maximum Gasteiger partial charge on any atom is 0.0686 e. The van der Waals surface area contributed by atoms with Gasteiger partial charge in [-0.2, -0.15) is 0 Å². The van der Waals surface area contributed by atoms with Crippen LogP contribution in [-0.4, -0.2) is 24.2 Å². The summed E-state index contributed by atoms with van der Waals surface area (Å²) in [7, 11) is 2.08. The van der Waals surface area contributed by atoms with Crippen LogP contribution in [0.15, 0.2) is 18.3 Å². The summed E-state index contributed by atoms with van der Waals surface area (Å²) in [5.41, 5.74) is 2.67. The number of hydrogen-bond acceptors (Lipinski definition) is 3. The van der Waals surface area contributed by atoms with E-state index < -0.39 is 0 Å². The van der Waals surface area contributed by atoms with E-state index in [1.807, 2.05) is 6.20 Å². The summed E-state index contributed by atoms with van der Waals surface area (Å²) < 4.78 is 6.17. The topological polar surface area (TPSA) is 34.2 Å². The second-order valence-corrected chi connectivity index (χ2v) is 6.49. The van der Waals surface area contributed by atoms with Crippen LogP contribution < -0.4 is 5.32 Å². The molecule has 0 bridgehead atoms. The molecule has 1 aliphatic heterocycles. The van der Waals surface area contributed by atoms with Gasteiger partial charge in [-0.15, -0.1) is 0 Å². The summed E-state index contributed by atoms with van der Waals surface area (Å²) in [6.45, 7) is 2.99. The highest BCUT2D eigenvalue weighted by molar-refractivity contribution is 5.20. The van der Waals surface area contributed by atoms with Crippen molar-refractivity contribution in [1.82, 2.24) is 10.3 Å². The lowest BCUT2D eigenvalue weighted by atomic mass is 9.78. The van der Waals surface area contributed by atoms with Gasteiger partial charge in [0.1, 0.15) is 0 Å². The molecule has 110 valence electrons. The van der Waals surface area contributed by atoms with Crippen LogP contribution in [0.3, 0.4) is 0 Å². The van der Waals surface area contributed by atoms with Crippen molar-refractivity contribution in [3.05, 3.63) is 29.6 Å². The summed E-state index contributed by atoms with van der Waals surface area (Å²) in [6, 6.07) is 4.81. The van der Waals surface area contributed by atoms with E-state index in [9.17, 15) is 0 Å². The molecule has 1 saturated carbocycles. The highest BCUT2D eigenvalue weighted by atomic mass is 16.5. The van der Waals surface area contributed by atoms with Crippen molar-refractivity contribution < 1.29 is 4.74 Å². The lowest BCUT2D eigenvalue weighted by Crippen LogP contribution is -2.41. The number of hydrogen-bond donors (Lipinski definition) is 1. The van der Waals surface area contributed by atoms with Crippen LogP contribution in [0.4, 0.5) is 0 Å². The SMILES string of the molecule is CNC(c1ccnc(C)c1)C1CCOC2(CCCC2)C1. The maximum atomic E-state index is 6.17. The number of nitrogens with zero attached hydrogens (tertiary/aromatic N) is 1. The molecule has 1 aromatic heterocycles. The Morgan fingerprint density at radius 2 is 2.20 bits per heavy atom. The Kier molecular flexibility index (Phi) is 4.08. The molecule has 3 heteroatoms. The Balaban J connectivity index is 1.78. The molecule has 0 amide bonds. The third-order valence-electron chi connectivity index (χ3n) is 5.11. The van der Waals surface area contributed by atoms with Gasteiger partial charge in [-0.3, -0.25) is 4.98 Å².